The Kier molecular flexibility index (Phi) is 6.17. The Morgan fingerprint density at radius 2 is 2.00 bits per heavy atom. The quantitative estimate of drug-likeness (QED) is 0.736. The van der Waals surface area contributed by atoms with Gasteiger partial charge in [0.05, 0.1) is 10.6 Å². The summed E-state index contributed by atoms with van der Waals surface area (Å²) in [4.78, 5) is 14.1. The van der Waals surface area contributed by atoms with E-state index >= 15 is 0 Å². The molecule has 100 valence electrons. The van der Waals surface area contributed by atoms with Crippen molar-refractivity contribution in [3.8, 4) is 0 Å². The first-order valence-corrected chi connectivity index (χ1v) is 7.03. The zero-order chi connectivity index (χ0) is 12.4. The van der Waals surface area contributed by atoms with E-state index in [1.54, 1.807) is 6.07 Å². The second kappa shape index (κ2) is 6.93. The number of nitrogens with two attached hydrogens (primary N) is 1. The molecule has 1 heterocycles. The van der Waals surface area contributed by atoms with Gasteiger partial charge in [0.1, 0.15) is 0 Å². The monoisotopic (exact) mass is 400 g/mol. The highest BCUT2D eigenvalue weighted by molar-refractivity contribution is 14.1. The predicted molar refractivity (Wildman–Crippen MR) is 84.5 cm³/mol. The molecular weight excluding hydrogens is 386 g/mol. The third-order valence-electron chi connectivity index (χ3n) is 2.99. The number of likely N-dealkylation sites (tertiary alicyclic amines) is 1. The highest BCUT2D eigenvalue weighted by Crippen LogP contribution is 2.22. The van der Waals surface area contributed by atoms with Gasteiger partial charge in [-0.15, -0.1) is 12.4 Å². The van der Waals surface area contributed by atoms with Gasteiger partial charge >= 0.3 is 0 Å². The number of halogens is 3. The van der Waals surface area contributed by atoms with Crippen molar-refractivity contribution >= 4 is 52.5 Å². The van der Waals surface area contributed by atoms with Gasteiger partial charge in [0.15, 0.2) is 0 Å². The summed E-state index contributed by atoms with van der Waals surface area (Å²) in [5.74, 6) is 0.0123. The summed E-state index contributed by atoms with van der Waals surface area (Å²) >= 11 is 8.27. The zero-order valence-electron chi connectivity index (χ0n) is 9.73. The van der Waals surface area contributed by atoms with Crippen LogP contribution >= 0.6 is 46.6 Å². The van der Waals surface area contributed by atoms with Gasteiger partial charge in [0, 0.05) is 22.7 Å². The van der Waals surface area contributed by atoms with Gasteiger partial charge in [-0.3, -0.25) is 4.79 Å². The molecule has 0 aromatic heterocycles. The zero-order valence-corrected chi connectivity index (χ0v) is 13.5. The first-order chi connectivity index (χ1) is 8.08. The Morgan fingerprint density at radius 1 is 1.39 bits per heavy atom. The van der Waals surface area contributed by atoms with E-state index in [2.05, 4.69) is 22.6 Å². The first-order valence-electron chi connectivity index (χ1n) is 5.58. The lowest BCUT2D eigenvalue weighted by atomic mass is 10.0. The van der Waals surface area contributed by atoms with Crippen molar-refractivity contribution in [3.05, 3.63) is 32.4 Å². The molecule has 0 saturated carbocycles. The third-order valence-corrected chi connectivity index (χ3v) is 3.97. The lowest BCUT2D eigenvalue weighted by molar-refractivity contribution is 0.0715. The summed E-state index contributed by atoms with van der Waals surface area (Å²) in [5.41, 5.74) is 6.41. The van der Waals surface area contributed by atoms with E-state index in [0.29, 0.717) is 10.6 Å². The molecule has 18 heavy (non-hydrogen) atoms. The third kappa shape index (κ3) is 3.73. The molecule has 0 aliphatic carbocycles. The van der Waals surface area contributed by atoms with Gasteiger partial charge in [-0.1, -0.05) is 11.6 Å². The first kappa shape index (κ1) is 16.0. The average Bonchev–Trinajstić information content (AvgIpc) is 2.29. The normalized spacial score (nSPS) is 16.3. The number of rotatable bonds is 1. The molecule has 0 spiro atoms. The number of hydrogen-bond donors (Lipinski definition) is 1. The predicted octanol–water partition coefficient (Wildman–Crippen LogP) is 2.93. The Balaban J connectivity index is 0.00000162. The minimum absolute atomic E-state index is 0. The SMILES string of the molecule is Cl.NC1CCN(C(=O)c2ccc(I)cc2Cl)CC1. The fraction of sp³-hybridized carbons (Fsp3) is 0.417. The van der Waals surface area contributed by atoms with Crippen molar-refractivity contribution in [3.63, 3.8) is 0 Å². The van der Waals surface area contributed by atoms with Crippen LogP contribution in [-0.2, 0) is 0 Å². The van der Waals surface area contributed by atoms with Crippen molar-refractivity contribution in [2.24, 2.45) is 5.73 Å². The van der Waals surface area contributed by atoms with Crippen LogP contribution in [0.25, 0.3) is 0 Å². The summed E-state index contributed by atoms with van der Waals surface area (Å²) in [7, 11) is 0. The van der Waals surface area contributed by atoms with Crippen LogP contribution in [0.5, 0.6) is 0 Å². The molecule has 1 fully saturated rings. The van der Waals surface area contributed by atoms with E-state index in [0.717, 1.165) is 29.5 Å². The highest BCUT2D eigenvalue weighted by atomic mass is 127. The molecule has 1 aromatic rings. The van der Waals surface area contributed by atoms with Gasteiger partial charge in [0.2, 0.25) is 0 Å². The van der Waals surface area contributed by atoms with Gasteiger partial charge in [-0.05, 0) is 53.6 Å². The molecule has 0 radical (unpaired) electrons. The van der Waals surface area contributed by atoms with Crippen LogP contribution in [0.15, 0.2) is 18.2 Å². The molecule has 0 unspecified atom stereocenters. The number of hydrogen-bond acceptors (Lipinski definition) is 2. The van der Waals surface area contributed by atoms with E-state index in [9.17, 15) is 4.79 Å². The summed E-state index contributed by atoms with van der Waals surface area (Å²) in [6.07, 6.45) is 1.74. The smallest absolute Gasteiger partial charge is 0.255 e. The van der Waals surface area contributed by atoms with E-state index in [1.807, 2.05) is 17.0 Å². The fourth-order valence-corrected chi connectivity index (χ4v) is 2.87. The molecule has 1 aliphatic rings. The van der Waals surface area contributed by atoms with Crippen molar-refractivity contribution in [2.75, 3.05) is 13.1 Å². The van der Waals surface area contributed by atoms with Crippen LogP contribution in [0.4, 0.5) is 0 Å². The maximum Gasteiger partial charge on any atom is 0.255 e. The molecular formula is C12H15Cl2IN2O. The number of carbonyl (C=O) groups excluding carboxylic acids is 1. The Hall–Kier alpha value is -0.0400. The van der Waals surface area contributed by atoms with E-state index in [-0.39, 0.29) is 24.4 Å². The van der Waals surface area contributed by atoms with E-state index < -0.39 is 0 Å². The molecule has 0 atom stereocenters. The summed E-state index contributed by atoms with van der Waals surface area (Å²) < 4.78 is 1.03. The topological polar surface area (TPSA) is 46.3 Å². The lowest BCUT2D eigenvalue weighted by Gasteiger charge is -2.30. The standard InChI is InChI=1S/C12H14ClIN2O.ClH/c13-11-7-8(14)1-2-10(11)12(17)16-5-3-9(15)4-6-16;/h1-2,7,9H,3-6,15H2;1H. The van der Waals surface area contributed by atoms with E-state index in [4.69, 9.17) is 17.3 Å². The van der Waals surface area contributed by atoms with Crippen LogP contribution in [0.1, 0.15) is 23.2 Å². The van der Waals surface area contributed by atoms with Crippen LogP contribution in [-0.4, -0.2) is 29.9 Å². The van der Waals surface area contributed by atoms with Crippen LogP contribution in [0, 0.1) is 3.57 Å². The molecule has 1 aromatic carbocycles. The summed E-state index contributed by atoms with van der Waals surface area (Å²) in [6, 6.07) is 5.73. The van der Waals surface area contributed by atoms with Crippen molar-refractivity contribution in [1.29, 1.82) is 0 Å². The molecule has 2 rings (SSSR count). The van der Waals surface area contributed by atoms with Crippen molar-refractivity contribution in [2.45, 2.75) is 18.9 Å². The van der Waals surface area contributed by atoms with E-state index in [1.165, 1.54) is 0 Å². The number of carbonyl (C=O) groups is 1. The Labute approximate surface area is 132 Å². The average molecular weight is 401 g/mol. The molecule has 1 amide bonds. The fourth-order valence-electron chi connectivity index (χ4n) is 1.94. The van der Waals surface area contributed by atoms with Gasteiger partial charge in [0.25, 0.3) is 5.91 Å². The van der Waals surface area contributed by atoms with Crippen molar-refractivity contribution in [1.82, 2.24) is 4.90 Å². The number of amides is 1. The second-order valence-corrected chi connectivity index (χ2v) is 5.91. The molecule has 1 saturated heterocycles. The number of piperidine rings is 1. The lowest BCUT2D eigenvalue weighted by Crippen LogP contribution is -2.42. The second-order valence-electron chi connectivity index (χ2n) is 4.25. The highest BCUT2D eigenvalue weighted by Gasteiger charge is 2.23. The maximum atomic E-state index is 12.2. The Morgan fingerprint density at radius 3 is 2.56 bits per heavy atom. The molecule has 1 aliphatic heterocycles. The summed E-state index contributed by atoms with van der Waals surface area (Å²) in [6.45, 7) is 1.45. The molecule has 6 heteroatoms. The minimum atomic E-state index is 0. The number of nitrogens with zero attached hydrogens (tertiary/aromatic N) is 1. The van der Waals surface area contributed by atoms with Gasteiger partial charge < -0.3 is 10.6 Å². The summed E-state index contributed by atoms with van der Waals surface area (Å²) in [5, 5.41) is 0.525. The van der Waals surface area contributed by atoms with Crippen LogP contribution < -0.4 is 5.73 Å². The maximum absolute atomic E-state index is 12.2. The minimum Gasteiger partial charge on any atom is -0.338 e. The molecule has 3 nitrogen and oxygen atoms in total. The number of benzene rings is 1. The van der Waals surface area contributed by atoms with Crippen LogP contribution in [0.3, 0.4) is 0 Å². The Bertz CT molecular complexity index is 434. The van der Waals surface area contributed by atoms with Gasteiger partial charge in [-0.2, -0.15) is 0 Å². The van der Waals surface area contributed by atoms with Gasteiger partial charge in [-0.25, -0.2) is 0 Å². The van der Waals surface area contributed by atoms with Crippen molar-refractivity contribution < 1.29 is 4.79 Å². The molecule has 2 N–H and O–H groups in total. The van der Waals surface area contributed by atoms with Crippen LogP contribution in [0.2, 0.25) is 5.02 Å². The molecule has 0 bridgehead atoms. The largest absolute Gasteiger partial charge is 0.338 e.